The van der Waals surface area contributed by atoms with Crippen molar-refractivity contribution in [3.05, 3.63) is 28.8 Å². The van der Waals surface area contributed by atoms with Gasteiger partial charge >= 0.3 is 0 Å². The number of carbonyl (C=O) groups excluding carboxylic acids is 1. The third-order valence-corrected chi connectivity index (χ3v) is 2.92. The number of primary amides is 1. The van der Waals surface area contributed by atoms with Crippen LogP contribution < -0.4 is 16.0 Å². The van der Waals surface area contributed by atoms with E-state index in [1.165, 1.54) is 0 Å². The molecule has 1 aromatic rings. The first-order chi connectivity index (χ1) is 7.68. The summed E-state index contributed by atoms with van der Waals surface area (Å²) in [7, 11) is 0. The van der Waals surface area contributed by atoms with E-state index in [0.29, 0.717) is 10.6 Å². The molecule has 0 bridgehead atoms. The number of hydrogen-bond acceptors (Lipinski definition) is 3. The summed E-state index contributed by atoms with van der Waals surface area (Å²) in [5.41, 5.74) is 6.72. The van der Waals surface area contributed by atoms with E-state index in [0.717, 1.165) is 31.9 Å². The third-order valence-electron chi connectivity index (χ3n) is 2.68. The summed E-state index contributed by atoms with van der Waals surface area (Å²) in [6.07, 6.45) is 0. The van der Waals surface area contributed by atoms with Gasteiger partial charge in [0.25, 0.3) is 5.91 Å². The predicted molar refractivity (Wildman–Crippen MR) is 65.1 cm³/mol. The highest BCUT2D eigenvalue weighted by atomic mass is 35.5. The van der Waals surface area contributed by atoms with Gasteiger partial charge in [-0.05, 0) is 18.2 Å². The molecule has 86 valence electrons. The highest BCUT2D eigenvalue weighted by Crippen LogP contribution is 2.24. The van der Waals surface area contributed by atoms with Gasteiger partial charge in [-0.3, -0.25) is 4.79 Å². The number of piperazine rings is 1. The fourth-order valence-corrected chi connectivity index (χ4v) is 2.05. The van der Waals surface area contributed by atoms with Gasteiger partial charge in [0.15, 0.2) is 0 Å². The molecule has 0 saturated carbocycles. The lowest BCUT2D eigenvalue weighted by Crippen LogP contribution is -2.44. The molecule has 0 spiro atoms. The van der Waals surface area contributed by atoms with E-state index in [2.05, 4.69) is 10.2 Å². The Bertz CT molecular complexity index is 402. The molecule has 1 amide bonds. The summed E-state index contributed by atoms with van der Waals surface area (Å²) >= 11 is 5.95. The van der Waals surface area contributed by atoms with Gasteiger partial charge < -0.3 is 16.0 Å². The number of amides is 1. The van der Waals surface area contributed by atoms with Crippen LogP contribution in [0, 0.1) is 0 Å². The maximum Gasteiger partial charge on any atom is 0.250 e. The average molecular weight is 240 g/mol. The van der Waals surface area contributed by atoms with Crippen LogP contribution in [0.25, 0.3) is 0 Å². The van der Waals surface area contributed by atoms with E-state index in [-0.39, 0.29) is 0 Å². The molecule has 0 unspecified atom stereocenters. The second kappa shape index (κ2) is 4.72. The number of anilines is 1. The standard InChI is InChI=1S/C11H14ClN3O/c12-8-1-2-9(11(13)16)10(7-8)15-5-3-14-4-6-15/h1-2,7,14H,3-6H2,(H2,13,16). The van der Waals surface area contributed by atoms with Gasteiger partial charge in [0.2, 0.25) is 0 Å². The minimum atomic E-state index is -0.412. The van der Waals surface area contributed by atoms with Gasteiger partial charge in [0, 0.05) is 31.2 Å². The van der Waals surface area contributed by atoms with Crippen molar-refractivity contribution in [1.82, 2.24) is 5.32 Å². The SMILES string of the molecule is NC(=O)c1ccc(Cl)cc1N1CCNCC1. The minimum Gasteiger partial charge on any atom is -0.368 e. The third kappa shape index (κ3) is 2.28. The highest BCUT2D eigenvalue weighted by molar-refractivity contribution is 6.31. The van der Waals surface area contributed by atoms with E-state index in [9.17, 15) is 4.79 Å². The van der Waals surface area contributed by atoms with Crippen LogP contribution in [0.5, 0.6) is 0 Å². The quantitative estimate of drug-likeness (QED) is 0.805. The number of halogens is 1. The van der Waals surface area contributed by atoms with E-state index >= 15 is 0 Å². The Hall–Kier alpha value is -1.26. The molecule has 1 aliphatic heterocycles. The predicted octanol–water partition coefficient (Wildman–Crippen LogP) is 0.848. The van der Waals surface area contributed by atoms with Crippen molar-refractivity contribution in [3.63, 3.8) is 0 Å². The number of nitrogens with two attached hydrogens (primary N) is 1. The van der Waals surface area contributed by atoms with E-state index < -0.39 is 5.91 Å². The Morgan fingerprint density at radius 3 is 2.69 bits per heavy atom. The van der Waals surface area contributed by atoms with Gasteiger partial charge in [-0.2, -0.15) is 0 Å². The Morgan fingerprint density at radius 2 is 2.06 bits per heavy atom. The summed E-state index contributed by atoms with van der Waals surface area (Å²) < 4.78 is 0. The maximum absolute atomic E-state index is 11.3. The molecule has 2 rings (SSSR count). The Balaban J connectivity index is 2.36. The molecule has 1 fully saturated rings. The smallest absolute Gasteiger partial charge is 0.250 e. The average Bonchev–Trinajstić information content (AvgIpc) is 2.29. The lowest BCUT2D eigenvalue weighted by atomic mass is 10.1. The summed E-state index contributed by atoms with van der Waals surface area (Å²) in [6.45, 7) is 3.54. The summed E-state index contributed by atoms with van der Waals surface area (Å²) in [4.78, 5) is 13.4. The fourth-order valence-electron chi connectivity index (χ4n) is 1.88. The largest absolute Gasteiger partial charge is 0.368 e. The van der Waals surface area contributed by atoms with Gasteiger partial charge in [-0.25, -0.2) is 0 Å². The van der Waals surface area contributed by atoms with E-state index in [4.69, 9.17) is 17.3 Å². The normalized spacial score (nSPS) is 16.2. The second-order valence-corrected chi connectivity index (χ2v) is 4.20. The van der Waals surface area contributed by atoms with Crippen LogP contribution in [0.1, 0.15) is 10.4 Å². The van der Waals surface area contributed by atoms with Crippen molar-refractivity contribution >= 4 is 23.2 Å². The van der Waals surface area contributed by atoms with E-state index in [1.807, 2.05) is 0 Å². The van der Waals surface area contributed by atoms with Crippen LogP contribution in [0.15, 0.2) is 18.2 Å². The molecule has 1 aliphatic rings. The van der Waals surface area contributed by atoms with Crippen molar-refractivity contribution in [3.8, 4) is 0 Å². The molecule has 5 heteroatoms. The fraction of sp³-hybridized carbons (Fsp3) is 0.364. The zero-order valence-corrected chi connectivity index (χ0v) is 9.63. The second-order valence-electron chi connectivity index (χ2n) is 3.76. The molecule has 4 nitrogen and oxygen atoms in total. The molecule has 0 aliphatic carbocycles. The maximum atomic E-state index is 11.3. The molecule has 16 heavy (non-hydrogen) atoms. The molecule has 1 aromatic carbocycles. The topological polar surface area (TPSA) is 58.4 Å². The Kier molecular flexibility index (Phi) is 3.31. The summed E-state index contributed by atoms with van der Waals surface area (Å²) in [6, 6.07) is 5.17. The van der Waals surface area contributed by atoms with E-state index in [1.54, 1.807) is 18.2 Å². The molecular weight excluding hydrogens is 226 g/mol. The van der Waals surface area contributed by atoms with Crippen molar-refractivity contribution in [1.29, 1.82) is 0 Å². The molecule has 3 N–H and O–H groups in total. The summed E-state index contributed by atoms with van der Waals surface area (Å²) in [5.74, 6) is -0.412. The van der Waals surface area contributed by atoms with Gasteiger partial charge in [-0.1, -0.05) is 11.6 Å². The summed E-state index contributed by atoms with van der Waals surface area (Å²) in [5, 5.41) is 3.88. The van der Waals surface area contributed by atoms with Crippen LogP contribution in [-0.4, -0.2) is 32.1 Å². The first-order valence-electron chi connectivity index (χ1n) is 5.23. The van der Waals surface area contributed by atoms with Crippen molar-refractivity contribution in [2.45, 2.75) is 0 Å². The van der Waals surface area contributed by atoms with Crippen LogP contribution in [0.3, 0.4) is 0 Å². The lowest BCUT2D eigenvalue weighted by Gasteiger charge is -2.30. The molecular formula is C11H14ClN3O. The van der Waals surface area contributed by atoms with Gasteiger partial charge in [0.05, 0.1) is 11.3 Å². The van der Waals surface area contributed by atoms with Crippen molar-refractivity contribution < 1.29 is 4.79 Å². The number of nitrogens with zero attached hydrogens (tertiary/aromatic N) is 1. The van der Waals surface area contributed by atoms with Crippen LogP contribution in [0.4, 0.5) is 5.69 Å². The van der Waals surface area contributed by atoms with Gasteiger partial charge in [-0.15, -0.1) is 0 Å². The molecule has 1 heterocycles. The minimum absolute atomic E-state index is 0.412. The Morgan fingerprint density at radius 1 is 1.38 bits per heavy atom. The van der Waals surface area contributed by atoms with Crippen LogP contribution in [-0.2, 0) is 0 Å². The zero-order chi connectivity index (χ0) is 11.5. The number of hydrogen-bond donors (Lipinski definition) is 2. The number of benzene rings is 1. The molecule has 0 radical (unpaired) electrons. The van der Waals surface area contributed by atoms with Crippen LogP contribution >= 0.6 is 11.6 Å². The van der Waals surface area contributed by atoms with Crippen molar-refractivity contribution in [2.24, 2.45) is 5.73 Å². The number of nitrogens with one attached hydrogen (secondary N) is 1. The van der Waals surface area contributed by atoms with Crippen LogP contribution in [0.2, 0.25) is 5.02 Å². The first-order valence-corrected chi connectivity index (χ1v) is 5.61. The highest BCUT2D eigenvalue weighted by Gasteiger charge is 2.16. The zero-order valence-electron chi connectivity index (χ0n) is 8.87. The number of carbonyl (C=O) groups is 1. The lowest BCUT2D eigenvalue weighted by molar-refractivity contribution is 0.100. The molecule has 1 saturated heterocycles. The molecule has 0 atom stereocenters. The Labute approximate surface area is 99.4 Å². The van der Waals surface area contributed by atoms with Gasteiger partial charge in [0.1, 0.15) is 0 Å². The number of rotatable bonds is 2. The monoisotopic (exact) mass is 239 g/mol. The molecule has 0 aromatic heterocycles. The van der Waals surface area contributed by atoms with Crippen molar-refractivity contribution in [2.75, 3.05) is 31.1 Å². The first kappa shape index (κ1) is 11.2.